The van der Waals surface area contributed by atoms with Gasteiger partial charge in [-0.2, -0.15) is 0 Å². The minimum Gasteiger partial charge on any atom is -0.316 e. The second kappa shape index (κ2) is 6.67. The van der Waals surface area contributed by atoms with Crippen molar-refractivity contribution in [3.63, 3.8) is 0 Å². The molecule has 1 atom stereocenters. The molecule has 0 aliphatic carbocycles. The quantitative estimate of drug-likeness (QED) is 0.843. The highest BCUT2D eigenvalue weighted by atomic mass is 32.2. The molecule has 0 aromatic heterocycles. The monoisotopic (exact) mass is 297 g/mol. The van der Waals surface area contributed by atoms with E-state index in [1.807, 2.05) is 20.2 Å². The summed E-state index contributed by atoms with van der Waals surface area (Å²) in [5.74, 6) is 0. The van der Waals surface area contributed by atoms with Gasteiger partial charge in [-0.3, -0.25) is 0 Å². The highest BCUT2D eigenvalue weighted by Gasteiger charge is 2.23. The van der Waals surface area contributed by atoms with Gasteiger partial charge in [0, 0.05) is 19.1 Å². The van der Waals surface area contributed by atoms with Crippen LogP contribution in [0, 0.1) is 0 Å². The average molecular weight is 297 g/mol. The van der Waals surface area contributed by atoms with Gasteiger partial charge in [-0.25, -0.2) is 13.1 Å². The van der Waals surface area contributed by atoms with Crippen molar-refractivity contribution in [1.82, 2.24) is 14.9 Å². The van der Waals surface area contributed by atoms with Gasteiger partial charge in [0.15, 0.2) is 0 Å². The Morgan fingerprint density at radius 2 is 2.20 bits per heavy atom. The summed E-state index contributed by atoms with van der Waals surface area (Å²) in [4.78, 5) is 2.51. The maximum Gasteiger partial charge on any atom is 0.240 e. The maximum absolute atomic E-state index is 12.4. The van der Waals surface area contributed by atoms with E-state index in [0.29, 0.717) is 11.4 Å². The topological polar surface area (TPSA) is 61.4 Å². The molecule has 5 nitrogen and oxygen atoms in total. The molecule has 1 aromatic rings. The zero-order valence-electron chi connectivity index (χ0n) is 12.1. The molecule has 1 saturated heterocycles. The van der Waals surface area contributed by atoms with Gasteiger partial charge >= 0.3 is 0 Å². The van der Waals surface area contributed by atoms with Crippen molar-refractivity contribution in [2.75, 3.05) is 27.2 Å². The van der Waals surface area contributed by atoms with Crippen LogP contribution in [-0.2, 0) is 16.6 Å². The highest BCUT2D eigenvalue weighted by Crippen LogP contribution is 2.15. The Kier molecular flexibility index (Phi) is 5.15. The average Bonchev–Trinajstić information content (AvgIpc) is 2.39. The maximum atomic E-state index is 12.4. The Morgan fingerprint density at radius 1 is 1.40 bits per heavy atom. The zero-order chi connectivity index (χ0) is 14.6. The number of piperidine rings is 1. The number of nitrogens with zero attached hydrogens (tertiary/aromatic N) is 1. The van der Waals surface area contributed by atoms with Crippen molar-refractivity contribution >= 4 is 10.0 Å². The van der Waals surface area contributed by atoms with Crippen LogP contribution in [0.3, 0.4) is 0 Å². The van der Waals surface area contributed by atoms with E-state index in [-0.39, 0.29) is 6.04 Å². The summed E-state index contributed by atoms with van der Waals surface area (Å²) in [6.07, 6.45) is 1.93. The van der Waals surface area contributed by atoms with Crippen molar-refractivity contribution in [3.8, 4) is 0 Å². The van der Waals surface area contributed by atoms with E-state index < -0.39 is 10.0 Å². The molecule has 1 heterocycles. The standard InChI is InChI=1S/C14H23N3O2S/c1-15-10-12-5-3-7-14(9-12)20(18,19)16-13-6-4-8-17(2)11-13/h3,5,7,9,13,15-16H,4,6,8,10-11H2,1-2H3. The molecule has 1 aromatic carbocycles. The van der Waals surface area contributed by atoms with Crippen LogP contribution in [0.15, 0.2) is 29.2 Å². The molecule has 1 unspecified atom stereocenters. The van der Waals surface area contributed by atoms with Gasteiger partial charge in [-0.1, -0.05) is 12.1 Å². The lowest BCUT2D eigenvalue weighted by molar-refractivity contribution is 0.242. The van der Waals surface area contributed by atoms with Gasteiger partial charge in [0.25, 0.3) is 0 Å². The molecule has 2 rings (SSSR count). The van der Waals surface area contributed by atoms with E-state index in [9.17, 15) is 8.42 Å². The third kappa shape index (κ3) is 4.02. The van der Waals surface area contributed by atoms with Crippen molar-refractivity contribution < 1.29 is 8.42 Å². The number of sulfonamides is 1. The molecule has 1 aliphatic heterocycles. The van der Waals surface area contributed by atoms with Crippen LogP contribution < -0.4 is 10.0 Å². The summed E-state index contributed by atoms with van der Waals surface area (Å²) in [5, 5.41) is 3.03. The van der Waals surface area contributed by atoms with E-state index in [4.69, 9.17) is 0 Å². The van der Waals surface area contributed by atoms with E-state index in [2.05, 4.69) is 14.9 Å². The number of rotatable bonds is 5. The minimum atomic E-state index is -3.43. The smallest absolute Gasteiger partial charge is 0.240 e. The molecular weight excluding hydrogens is 274 g/mol. The molecule has 2 N–H and O–H groups in total. The minimum absolute atomic E-state index is 0.00621. The molecule has 20 heavy (non-hydrogen) atoms. The fraction of sp³-hybridized carbons (Fsp3) is 0.571. The molecule has 0 bridgehead atoms. The molecule has 1 aliphatic rings. The summed E-state index contributed by atoms with van der Waals surface area (Å²) in [6, 6.07) is 7.09. The molecule has 0 radical (unpaired) electrons. The largest absolute Gasteiger partial charge is 0.316 e. The first kappa shape index (κ1) is 15.4. The van der Waals surface area contributed by atoms with Gasteiger partial charge in [0.1, 0.15) is 0 Å². The molecule has 6 heteroatoms. The Balaban J connectivity index is 2.11. The first-order chi connectivity index (χ1) is 9.51. The zero-order valence-corrected chi connectivity index (χ0v) is 12.9. The van der Waals surface area contributed by atoms with E-state index in [1.165, 1.54) is 0 Å². The fourth-order valence-corrected chi connectivity index (χ4v) is 3.91. The Hall–Kier alpha value is -0.950. The number of hydrogen-bond acceptors (Lipinski definition) is 4. The van der Waals surface area contributed by atoms with Crippen LogP contribution in [0.5, 0.6) is 0 Å². The van der Waals surface area contributed by atoms with E-state index >= 15 is 0 Å². The first-order valence-corrected chi connectivity index (χ1v) is 8.44. The molecule has 0 spiro atoms. The van der Waals surface area contributed by atoms with Gasteiger partial charge < -0.3 is 10.2 Å². The van der Waals surface area contributed by atoms with Crippen molar-refractivity contribution in [3.05, 3.63) is 29.8 Å². The van der Waals surface area contributed by atoms with Crippen LogP contribution >= 0.6 is 0 Å². The van der Waals surface area contributed by atoms with Crippen molar-refractivity contribution in [2.24, 2.45) is 0 Å². The Labute approximate surface area is 121 Å². The highest BCUT2D eigenvalue weighted by molar-refractivity contribution is 7.89. The van der Waals surface area contributed by atoms with Gasteiger partial charge in [-0.15, -0.1) is 0 Å². The second-order valence-electron chi connectivity index (χ2n) is 5.40. The predicted octanol–water partition coefficient (Wildman–Crippen LogP) is 0.779. The normalized spacial score (nSPS) is 21.0. The third-order valence-corrected chi connectivity index (χ3v) is 5.05. The number of likely N-dealkylation sites (tertiary alicyclic amines) is 1. The summed E-state index contributed by atoms with van der Waals surface area (Å²) in [7, 11) is 0.438. The van der Waals surface area contributed by atoms with E-state index in [0.717, 1.165) is 31.5 Å². The number of likely N-dealkylation sites (N-methyl/N-ethyl adjacent to an activating group) is 1. The second-order valence-corrected chi connectivity index (χ2v) is 7.11. The van der Waals surface area contributed by atoms with Crippen LogP contribution in [0.2, 0.25) is 0 Å². The van der Waals surface area contributed by atoms with Crippen LogP contribution in [-0.4, -0.2) is 46.5 Å². The Morgan fingerprint density at radius 3 is 2.90 bits per heavy atom. The van der Waals surface area contributed by atoms with Gasteiger partial charge in [-0.05, 0) is 51.2 Å². The summed E-state index contributed by atoms with van der Waals surface area (Å²) in [5.41, 5.74) is 0.969. The van der Waals surface area contributed by atoms with Crippen LogP contribution in [0.4, 0.5) is 0 Å². The van der Waals surface area contributed by atoms with Gasteiger partial charge in [0.05, 0.1) is 4.90 Å². The van der Waals surface area contributed by atoms with Gasteiger partial charge in [0.2, 0.25) is 10.0 Å². The lowest BCUT2D eigenvalue weighted by Crippen LogP contribution is -2.46. The fourth-order valence-electron chi connectivity index (χ4n) is 2.58. The predicted molar refractivity (Wildman–Crippen MR) is 80.0 cm³/mol. The lowest BCUT2D eigenvalue weighted by Gasteiger charge is -2.30. The summed E-state index contributed by atoms with van der Waals surface area (Å²) < 4.78 is 27.6. The molecule has 1 fully saturated rings. The molecule has 0 amide bonds. The molecule has 112 valence electrons. The first-order valence-electron chi connectivity index (χ1n) is 6.95. The lowest BCUT2D eigenvalue weighted by atomic mass is 10.1. The summed E-state index contributed by atoms with van der Waals surface area (Å²) in [6.45, 7) is 2.47. The molecule has 0 saturated carbocycles. The third-order valence-electron chi connectivity index (χ3n) is 3.54. The number of nitrogens with one attached hydrogen (secondary N) is 2. The number of hydrogen-bond donors (Lipinski definition) is 2. The summed E-state index contributed by atoms with van der Waals surface area (Å²) >= 11 is 0. The van der Waals surface area contributed by atoms with Crippen LogP contribution in [0.25, 0.3) is 0 Å². The van der Waals surface area contributed by atoms with Crippen LogP contribution in [0.1, 0.15) is 18.4 Å². The van der Waals surface area contributed by atoms with Crippen molar-refractivity contribution in [2.45, 2.75) is 30.3 Å². The van der Waals surface area contributed by atoms with Crippen molar-refractivity contribution in [1.29, 1.82) is 0 Å². The van der Waals surface area contributed by atoms with E-state index in [1.54, 1.807) is 18.2 Å². The Bertz CT molecular complexity index is 545. The number of benzene rings is 1. The molecular formula is C14H23N3O2S. The SMILES string of the molecule is CNCc1cccc(S(=O)(=O)NC2CCCN(C)C2)c1.